The number of unbranched alkanes of at least 4 members (excludes halogenated alkanes) is 2. The van der Waals surface area contributed by atoms with Crippen LogP contribution in [0.15, 0.2) is 11.6 Å². The molecule has 0 saturated carbocycles. The molecule has 4 nitrogen and oxygen atoms in total. The third kappa shape index (κ3) is 4.81. The number of hydrogen-bond donors (Lipinski definition) is 3. The van der Waals surface area contributed by atoms with Crippen LogP contribution < -0.4 is 11.1 Å². The van der Waals surface area contributed by atoms with Crippen LogP contribution in [0.4, 0.5) is 0 Å². The fraction of sp³-hybridized carbons (Fsp3) is 0.444. The Morgan fingerprint density at radius 2 is 2.57 bits per heavy atom. The Morgan fingerprint density at radius 3 is 3.21 bits per heavy atom. The Labute approximate surface area is 88.1 Å². The first kappa shape index (κ1) is 11.0. The van der Waals surface area contributed by atoms with Crippen LogP contribution in [-0.2, 0) is 6.42 Å². The van der Waals surface area contributed by atoms with Crippen molar-refractivity contribution in [2.45, 2.75) is 19.3 Å². The van der Waals surface area contributed by atoms with Gasteiger partial charge in [-0.25, -0.2) is 4.98 Å². The SMILES string of the molecule is N=C(N)NCCC[CH]Cc1nccs1. The molecule has 1 rings (SSSR count). The van der Waals surface area contributed by atoms with E-state index in [0.29, 0.717) is 0 Å². The minimum absolute atomic E-state index is 0.0462. The predicted octanol–water partition coefficient (Wildman–Crippen LogP) is 1.15. The highest BCUT2D eigenvalue weighted by atomic mass is 32.1. The lowest BCUT2D eigenvalue weighted by Gasteiger charge is -2.02. The van der Waals surface area contributed by atoms with Crippen LogP contribution in [0.25, 0.3) is 0 Å². The van der Waals surface area contributed by atoms with E-state index >= 15 is 0 Å². The van der Waals surface area contributed by atoms with Crippen molar-refractivity contribution in [3.8, 4) is 0 Å². The molecular weight excluding hydrogens is 196 g/mol. The summed E-state index contributed by atoms with van der Waals surface area (Å²) in [7, 11) is 0. The maximum Gasteiger partial charge on any atom is 0.185 e. The van der Waals surface area contributed by atoms with Gasteiger partial charge in [0.15, 0.2) is 5.96 Å². The monoisotopic (exact) mass is 211 g/mol. The quantitative estimate of drug-likeness (QED) is 0.375. The van der Waals surface area contributed by atoms with E-state index in [0.717, 1.165) is 30.8 Å². The summed E-state index contributed by atoms with van der Waals surface area (Å²) in [6.07, 6.45) is 7.01. The van der Waals surface area contributed by atoms with Gasteiger partial charge in [0.25, 0.3) is 0 Å². The number of rotatable bonds is 6. The molecule has 0 unspecified atom stereocenters. The molecule has 0 saturated heterocycles. The minimum Gasteiger partial charge on any atom is -0.370 e. The summed E-state index contributed by atoms with van der Waals surface area (Å²) in [4.78, 5) is 4.18. The molecule has 77 valence electrons. The lowest BCUT2D eigenvalue weighted by atomic mass is 10.2. The lowest BCUT2D eigenvalue weighted by molar-refractivity contribution is 0.746. The zero-order chi connectivity index (χ0) is 10.2. The van der Waals surface area contributed by atoms with Crippen molar-refractivity contribution >= 4 is 17.3 Å². The molecular formula is C9H15N4S. The number of aromatic nitrogens is 1. The van der Waals surface area contributed by atoms with E-state index in [2.05, 4.69) is 16.7 Å². The van der Waals surface area contributed by atoms with Crippen molar-refractivity contribution in [2.24, 2.45) is 5.73 Å². The summed E-state index contributed by atoms with van der Waals surface area (Å²) in [6, 6.07) is 0. The first-order valence-electron chi connectivity index (χ1n) is 4.57. The maximum absolute atomic E-state index is 6.94. The zero-order valence-electron chi connectivity index (χ0n) is 7.99. The standard InChI is InChI=1S/C9H15N4S/c10-9(11)13-5-3-1-2-4-8-12-6-7-14-8/h2,6-7H,1,3-5H2,(H4,10,11,13). The highest BCUT2D eigenvalue weighted by Crippen LogP contribution is 2.08. The van der Waals surface area contributed by atoms with Gasteiger partial charge in [-0.1, -0.05) is 0 Å². The Morgan fingerprint density at radius 1 is 1.71 bits per heavy atom. The van der Waals surface area contributed by atoms with Crippen molar-refractivity contribution < 1.29 is 0 Å². The highest BCUT2D eigenvalue weighted by molar-refractivity contribution is 7.09. The molecule has 0 amide bonds. The third-order valence-corrected chi connectivity index (χ3v) is 2.50. The van der Waals surface area contributed by atoms with E-state index in [4.69, 9.17) is 11.1 Å². The molecule has 0 aromatic carbocycles. The third-order valence-electron chi connectivity index (χ3n) is 1.70. The normalized spacial score (nSPS) is 10.0. The zero-order valence-corrected chi connectivity index (χ0v) is 8.81. The molecule has 0 atom stereocenters. The van der Waals surface area contributed by atoms with Crippen molar-refractivity contribution in [3.63, 3.8) is 0 Å². The fourth-order valence-corrected chi connectivity index (χ4v) is 1.66. The molecule has 0 fully saturated rings. The van der Waals surface area contributed by atoms with Gasteiger partial charge in [0.1, 0.15) is 0 Å². The summed E-state index contributed by atoms with van der Waals surface area (Å²) < 4.78 is 0. The van der Waals surface area contributed by atoms with Gasteiger partial charge in [-0.05, 0) is 19.3 Å². The number of guanidine groups is 1. The largest absolute Gasteiger partial charge is 0.370 e. The van der Waals surface area contributed by atoms with Crippen molar-refractivity contribution in [3.05, 3.63) is 23.0 Å². The summed E-state index contributed by atoms with van der Waals surface area (Å²) >= 11 is 1.68. The van der Waals surface area contributed by atoms with E-state index < -0.39 is 0 Å². The first-order chi connectivity index (χ1) is 6.79. The van der Waals surface area contributed by atoms with Crippen LogP contribution in [0, 0.1) is 11.8 Å². The van der Waals surface area contributed by atoms with Crippen LogP contribution >= 0.6 is 11.3 Å². The number of hydrogen-bond acceptors (Lipinski definition) is 3. The molecule has 0 aliphatic heterocycles. The molecule has 5 heteroatoms. The molecule has 1 aromatic heterocycles. The van der Waals surface area contributed by atoms with Gasteiger partial charge in [0.2, 0.25) is 0 Å². The van der Waals surface area contributed by atoms with Crippen molar-refractivity contribution in [1.82, 2.24) is 10.3 Å². The van der Waals surface area contributed by atoms with Gasteiger partial charge >= 0.3 is 0 Å². The van der Waals surface area contributed by atoms with E-state index in [-0.39, 0.29) is 5.96 Å². The molecule has 1 radical (unpaired) electrons. The maximum atomic E-state index is 6.94. The Kier molecular flexibility index (Phi) is 4.99. The molecule has 4 N–H and O–H groups in total. The fourth-order valence-electron chi connectivity index (χ4n) is 1.05. The van der Waals surface area contributed by atoms with E-state index in [9.17, 15) is 0 Å². The predicted molar refractivity (Wildman–Crippen MR) is 59.3 cm³/mol. The number of nitrogens with one attached hydrogen (secondary N) is 2. The van der Waals surface area contributed by atoms with Crippen LogP contribution in [-0.4, -0.2) is 17.5 Å². The second-order valence-corrected chi connectivity index (χ2v) is 3.88. The number of nitrogens with zero attached hydrogens (tertiary/aromatic N) is 1. The van der Waals surface area contributed by atoms with Gasteiger partial charge in [-0.15, -0.1) is 11.3 Å². The van der Waals surface area contributed by atoms with Gasteiger partial charge in [-0.3, -0.25) is 5.41 Å². The van der Waals surface area contributed by atoms with Gasteiger partial charge in [-0.2, -0.15) is 0 Å². The minimum atomic E-state index is 0.0462. The summed E-state index contributed by atoms with van der Waals surface area (Å²) in [5.41, 5.74) is 5.14. The van der Waals surface area contributed by atoms with Crippen molar-refractivity contribution in [1.29, 1.82) is 5.41 Å². The van der Waals surface area contributed by atoms with Crippen LogP contribution in [0.5, 0.6) is 0 Å². The van der Waals surface area contributed by atoms with Gasteiger partial charge < -0.3 is 11.1 Å². The average Bonchev–Trinajstić information content (AvgIpc) is 2.63. The smallest absolute Gasteiger partial charge is 0.185 e. The second-order valence-electron chi connectivity index (χ2n) is 2.90. The average molecular weight is 211 g/mol. The van der Waals surface area contributed by atoms with E-state index in [1.165, 1.54) is 0 Å². The first-order valence-corrected chi connectivity index (χ1v) is 5.45. The Balaban J connectivity index is 1.92. The molecule has 14 heavy (non-hydrogen) atoms. The molecule has 0 aliphatic rings. The summed E-state index contributed by atoms with van der Waals surface area (Å²) in [6.45, 7) is 0.768. The lowest BCUT2D eigenvalue weighted by Crippen LogP contribution is -2.30. The second kappa shape index (κ2) is 6.37. The summed E-state index contributed by atoms with van der Waals surface area (Å²) in [5, 5.41) is 12.8. The molecule has 0 spiro atoms. The van der Waals surface area contributed by atoms with Gasteiger partial charge in [0, 0.05) is 24.5 Å². The van der Waals surface area contributed by atoms with Crippen LogP contribution in [0.2, 0.25) is 0 Å². The molecule has 1 aromatic rings. The summed E-state index contributed by atoms with van der Waals surface area (Å²) in [5.74, 6) is 0.0462. The number of thiazole rings is 1. The Hall–Kier alpha value is -1.10. The highest BCUT2D eigenvalue weighted by Gasteiger charge is 1.95. The van der Waals surface area contributed by atoms with Gasteiger partial charge in [0.05, 0.1) is 5.01 Å². The van der Waals surface area contributed by atoms with E-state index in [1.54, 1.807) is 11.3 Å². The molecule has 1 heterocycles. The molecule has 0 bridgehead atoms. The Bertz CT molecular complexity index is 258. The van der Waals surface area contributed by atoms with Crippen LogP contribution in [0.1, 0.15) is 17.8 Å². The van der Waals surface area contributed by atoms with Crippen LogP contribution in [0.3, 0.4) is 0 Å². The topological polar surface area (TPSA) is 74.8 Å². The van der Waals surface area contributed by atoms with E-state index in [1.807, 2.05) is 11.6 Å². The number of nitrogens with two attached hydrogens (primary N) is 1. The van der Waals surface area contributed by atoms with Crippen molar-refractivity contribution in [2.75, 3.05) is 6.54 Å². The molecule has 0 aliphatic carbocycles.